The van der Waals surface area contributed by atoms with E-state index < -0.39 is 0 Å². The van der Waals surface area contributed by atoms with E-state index in [0.29, 0.717) is 12.3 Å². The van der Waals surface area contributed by atoms with E-state index in [1.54, 1.807) is 6.92 Å². The van der Waals surface area contributed by atoms with Gasteiger partial charge in [-0.05, 0) is 48.8 Å². The van der Waals surface area contributed by atoms with Gasteiger partial charge in [0.1, 0.15) is 5.78 Å². The van der Waals surface area contributed by atoms with Gasteiger partial charge in [0.25, 0.3) is 0 Å². The number of benzene rings is 1. The van der Waals surface area contributed by atoms with Gasteiger partial charge in [0.05, 0.1) is 0 Å². The van der Waals surface area contributed by atoms with Gasteiger partial charge in [-0.1, -0.05) is 25.1 Å². The fraction of sp³-hybridized carbons (Fsp3) is 0.500. The second-order valence-corrected chi connectivity index (χ2v) is 4.71. The molecule has 0 aliphatic heterocycles. The van der Waals surface area contributed by atoms with Crippen LogP contribution < -0.4 is 0 Å². The average Bonchev–Trinajstić information content (AvgIpc) is 2.18. The van der Waals surface area contributed by atoms with Gasteiger partial charge in [-0.3, -0.25) is 4.79 Å². The molecular formula is C14H18O. The van der Waals surface area contributed by atoms with Crippen molar-refractivity contribution in [2.45, 2.75) is 45.4 Å². The summed E-state index contributed by atoms with van der Waals surface area (Å²) in [7, 11) is 0. The Morgan fingerprint density at radius 3 is 3.00 bits per heavy atom. The van der Waals surface area contributed by atoms with Crippen LogP contribution in [-0.4, -0.2) is 5.78 Å². The molecule has 0 fully saturated rings. The van der Waals surface area contributed by atoms with E-state index in [1.807, 2.05) is 0 Å². The maximum Gasteiger partial charge on any atom is 0.134 e. The number of rotatable bonds is 2. The molecule has 0 heterocycles. The monoisotopic (exact) mass is 202 g/mol. The predicted octanol–water partition coefficient (Wildman–Crippen LogP) is 3.26. The highest BCUT2D eigenvalue weighted by Crippen LogP contribution is 2.31. The number of hydrogen-bond acceptors (Lipinski definition) is 1. The van der Waals surface area contributed by atoms with Gasteiger partial charge in [0, 0.05) is 6.42 Å². The van der Waals surface area contributed by atoms with E-state index in [1.165, 1.54) is 36.0 Å². The van der Waals surface area contributed by atoms with Crippen LogP contribution in [0.15, 0.2) is 18.2 Å². The molecule has 0 aromatic heterocycles. The highest BCUT2D eigenvalue weighted by molar-refractivity contribution is 5.78. The molecule has 0 radical (unpaired) electrons. The SMILES string of the molecule is CC(=O)Cc1ccc2c(c1)C(C)CCC2. The third-order valence-electron chi connectivity index (χ3n) is 3.28. The third kappa shape index (κ3) is 2.28. The number of Topliss-reactive ketones (excluding diaryl/α,β-unsaturated/α-hetero) is 1. The van der Waals surface area contributed by atoms with Crippen molar-refractivity contribution in [2.24, 2.45) is 0 Å². The first-order valence-electron chi connectivity index (χ1n) is 5.78. The van der Waals surface area contributed by atoms with Crippen molar-refractivity contribution in [3.8, 4) is 0 Å². The Balaban J connectivity index is 2.31. The van der Waals surface area contributed by atoms with Crippen LogP contribution >= 0.6 is 0 Å². The van der Waals surface area contributed by atoms with Crippen molar-refractivity contribution >= 4 is 5.78 Å². The summed E-state index contributed by atoms with van der Waals surface area (Å²) in [4.78, 5) is 11.1. The molecule has 0 saturated heterocycles. The van der Waals surface area contributed by atoms with E-state index >= 15 is 0 Å². The number of fused-ring (bicyclic) bond motifs is 1. The Kier molecular flexibility index (Phi) is 2.90. The number of ketones is 1. The van der Waals surface area contributed by atoms with Crippen LogP contribution in [0.2, 0.25) is 0 Å². The molecule has 2 rings (SSSR count). The number of carbonyl (C=O) groups excluding carboxylic acids is 1. The zero-order chi connectivity index (χ0) is 10.8. The normalized spacial score (nSPS) is 19.7. The highest BCUT2D eigenvalue weighted by Gasteiger charge is 2.16. The molecule has 0 amide bonds. The van der Waals surface area contributed by atoms with Gasteiger partial charge in [0.2, 0.25) is 0 Å². The van der Waals surface area contributed by atoms with Crippen molar-refractivity contribution in [2.75, 3.05) is 0 Å². The standard InChI is InChI=1S/C14H18O/c1-10-4-3-5-13-7-6-12(8-11(2)15)9-14(10)13/h6-7,9-10H,3-5,8H2,1-2H3. The zero-order valence-electron chi connectivity index (χ0n) is 9.55. The molecule has 1 nitrogen and oxygen atoms in total. The smallest absolute Gasteiger partial charge is 0.134 e. The topological polar surface area (TPSA) is 17.1 Å². The van der Waals surface area contributed by atoms with Crippen molar-refractivity contribution in [3.05, 3.63) is 34.9 Å². The molecule has 1 unspecified atom stereocenters. The zero-order valence-corrected chi connectivity index (χ0v) is 9.55. The number of aryl methyl sites for hydroxylation is 1. The van der Waals surface area contributed by atoms with Crippen LogP contribution in [0.1, 0.15) is 49.3 Å². The minimum Gasteiger partial charge on any atom is -0.300 e. The molecule has 1 atom stereocenters. The maximum absolute atomic E-state index is 11.1. The summed E-state index contributed by atoms with van der Waals surface area (Å²) in [5, 5.41) is 0. The maximum atomic E-state index is 11.1. The van der Waals surface area contributed by atoms with E-state index in [9.17, 15) is 4.79 Å². The molecule has 80 valence electrons. The summed E-state index contributed by atoms with van der Waals surface area (Å²) in [6, 6.07) is 6.56. The second kappa shape index (κ2) is 4.18. The lowest BCUT2D eigenvalue weighted by Gasteiger charge is -2.22. The van der Waals surface area contributed by atoms with Crippen LogP contribution in [0, 0.1) is 0 Å². The minimum absolute atomic E-state index is 0.249. The Morgan fingerprint density at radius 1 is 1.47 bits per heavy atom. The van der Waals surface area contributed by atoms with E-state index in [4.69, 9.17) is 0 Å². The molecule has 0 bridgehead atoms. The van der Waals surface area contributed by atoms with Crippen molar-refractivity contribution in [3.63, 3.8) is 0 Å². The summed E-state index contributed by atoms with van der Waals surface area (Å²) in [5.74, 6) is 0.916. The summed E-state index contributed by atoms with van der Waals surface area (Å²) in [5.41, 5.74) is 4.14. The quantitative estimate of drug-likeness (QED) is 0.719. The van der Waals surface area contributed by atoms with Crippen molar-refractivity contribution < 1.29 is 4.79 Å². The van der Waals surface area contributed by atoms with Crippen LogP contribution in [0.5, 0.6) is 0 Å². The minimum atomic E-state index is 0.249. The molecular weight excluding hydrogens is 184 g/mol. The van der Waals surface area contributed by atoms with Crippen LogP contribution in [-0.2, 0) is 17.6 Å². The van der Waals surface area contributed by atoms with E-state index in [0.717, 1.165) is 0 Å². The molecule has 1 aliphatic carbocycles. The summed E-state index contributed by atoms with van der Waals surface area (Å²) < 4.78 is 0. The van der Waals surface area contributed by atoms with Gasteiger partial charge < -0.3 is 0 Å². The summed E-state index contributed by atoms with van der Waals surface area (Å²) >= 11 is 0. The predicted molar refractivity (Wildman–Crippen MR) is 62.2 cm³/mol. The molecule has 0 saturated carbocycles. The Labute approximate surface area is 91.5 Å². The fourth-order valence-corrected chi connectivity index (χ4v) is 2.48. The van der Waals surface area contributed by atoms with Gasteiger partial charge in [-0.15, -0.1) is 0 Å². The summed E-state index contributed by atoms with van der Waals surface area (Å²) in [6.07, 6.45) is 4.39. The fourth-order valence-electron chi connectivity index (χ4n) is 2.48. The second-order valence-electron chi connectivity index (χ2n) is 4.71. The molecule has 15 heavy (non-hydrogen) atoms. The van der Waals surface area contributed by atoms with E-state index in [2.05, 4.69) is 25.1 Å². The van der Waals surface area contributed by atoms with Gasteiger partial charge in [-0.2, -0.15) is 0 Å². The lowest BCUT2D eigenvalue weighted by atomic mass is 9.83. The highest BCUT2D eigenvalue weighted by atomic mass is 16.1. The number of carbonyl (C=O) groups is 1. The van der Waals surface area contributed by atoms with Crippen LogP contribution in [0.4, 0.5) is 0 Å². The molecule has 0 spiro atoms. The van der Waals surface area contributed by atoms with Crippen molar-refractivity contribution in [1.29, 1.82) is 0 Å². The first-order chi connectivity index (χ1) is 7.16. The first-order valence-corrected chi connectivity index (χ1v) is 5.78. The molecule has 1 aromatic carbocycles. The Bertz CT molecular complexity index is 379. The molecule has 0 N–H and O–H groups in total. The van der Waals surface area contributed by atoms with Gasteiger partial charge in [0.15, 0.2) is 0 Å². The lowest BCUT2D eigenvalue weighted by Crippen LogP contribution is -2.08. The van der Waals surface area contributed by atoms with E-state index in [-0.39, 0.29) is 5.78 Å². The third-order valence-corrected chi connectivity index (χ3v) is 3.28. The molecule has 1 heteroatoms. The van der Waals surface area contributed by atoms with Crippen LogP contribution in [0.3, 0.4) is 0 Å². The lowest BCUT2D eigenvalue weighted by molar-refractivity contribution is -0.116. The average molecular weight is 202 g/mol. The van der Waals surface area contributed by atoms with Crippen molar-refractivity contribution in [1.82, 2.24) is 0 Å². The van der Waals surface area contributed by atoms with Crippen LogP contribution in [0.25, 0.3) is 0 Å². The van der Waals surface area contributed by atoms with Gasteiger partial charge in [-0.25, -0.2) is 0 Å². The first kappa shape index (κ1) is 10.4. The summed E-state index contributed by atoms with van der Waals surface area (Å²) in [6.45, 7) is 3.94. The largest absolute Gasteiger partial charge is 0.300 e. The van der Waals surface area contributed by atoms with Gasteiger partial charge >= 0.3 is 0 Å². The molecule has 1 aliphatic rings. The Morgan fingerprint density at radius 2 is 2.27 bits per heavy atom. The Hall–Kier alpha value is -1.11. The molecule has 1 aromatic rings. The number of hydrogen-bond donors (Lipinski definition) is 0.